The van der Waals surface area contributed by atoms with Crippen LogP contribution >= 0.6 is 0 Å². The van der Waals surface area contributed by atoms with Crippen LogP contribution in [0.5, 0.6) is 0 Å². The summed E-state index contributed by atoms with van der Waals surface area (Å²) in [4.78, 5) is 17.0. The molecule has 2 aromatic heterocycles. The van der Waals surface area contributed by atoms with Crippen molar-refractivity contribution in [1.29, 1.82) is 0 Å². The minimum absolute atomic E-state index is 0.0441. The number of aromatic nitrogens is 2. The number of anilines is 2. The van der Waals surface area contributed by atoms with Gasteiger partial charge >= 0.3 is 0 Å². The Morgan fingerprint density at radius 1 is 0.675 bits per heavy atom. The summed E-state index contributed by atoms with van der Waals surface area (Å²) in [6, 6.07) is 36.7. The van der Waals surface area contributed by atoms with Crippen LogP contribution in [0.3, 0.4) is 0 Å². The van der Waals surface area contributed by atoms with E-state index in [1.165, 1.54) is 33.5 Å². The Labute approximate surface area is 234 Å². The van der Waals surface area contributed by atoms with E-state index in [0.29, 0.717) is 0 Å². The standard InChI is InChI=1S/C36H28N4/c1-36(2)28-11-5-3-9-24(28)25-18-17-23(21-29(25)36)30-12-7-13-31(38-30)32-14-8-16-35(39-32)40-33-15-6-4-10-26(33)27-22-37-20-19-34(27)40/h3-22,27,34H,1-2H3. The maximum Gasteiger partial charge on any atom is 0.134 e. The van der Waals surface area contributed by atoms with Crippen LogP contribution in [0.1, 0.15) is 36.5 Å². The highest BCUT2D eigenvalue weighted by Gasteiger charge is 2.38. The highest BCUT2D eigenvalue weighted by molar-refractivity contribution is 5.85. The maximum atomic E-state index is 5.14. The average Bonchev–Trinajstić information content (AvgIpc) is 3.46. The van der Waals surface area contributed by atoms with Gasteiger partial charge in [-0.05, 0) is 70.3 Å². The molecule has 0 N–H and O–H groups in total. The largest absolute Gasteiger partial charge is 0.318 e. The third-order valence-corrected chi connectivity index (χ3v) is 8.71. The van der Waals surface area contributed by atoms with Crippen LogP contribution < -0.4 is 4.90 Å². The van der Waals surface area contributed by atoms with Gasteiger partial charge in [0.15, 0.2) is 0 Å². The number of fused-ring (bicyclic) bond motifs is 6. The lowest BCUT2D eigenvalue weighted by Gasteiger charge is -2.27. The molecule has 0 spiro atoms. The number of benzene rings is 3. The predicted molar refractivity (Wildman–Crippen MR) is 163 cm³/mol. The molecule has 40 heavy (non-hydrogen) atoms. The zero-order valence-corrected chi connectivity index (χ0v) is 22.5. The minimum atomic E-state index is -0.0441. The molecule has 2 aliphatic heterocycles. The summed E-state index contributed by atoms with van der Waals surface area (Å²) < 4.78 is 0. The summed E-state index contributed by atoms with van der Waals surface area (Å²) in [6.45, 7) is 4.63. The van der Waals surface area contributed by atoms with E-state index in [-0.39, 0.29) is 17.4 Å². The van der Waals surface area contributed by atoms with Crippen molar-refractivity contribution in [3.05, 3.63) is 132 Å². The van der Waals surface area contributed by atoms with Crippen molar-refractivity contribution in [3.63, 3.8) is 0 Å². The summed E-state index contributed by atoms with van der Waals surface area (Å²) in [6.07, 6.45) is 6.12. The number of nitrogens with zero attached hydrogens (tertiary/aromatic N) is 4. The summed E-state index contributed by atoms with van der Waals surface area (Å²) >= 11 is 0. The molecule has 3 aromatic carbocycles. The number of rotatable bonds is 3. The van der Waals surface area contributed by atoms with Crippen LogP contribution in [0.4, 0.5) is 11.5 Å². The Morgan fingerprint density at radius 2 is 1.43 bits per heavy atom. The van der Waals surface area contributed by atoms with E-state index in [0.717, 1.165) is 28.5 Å². The molecule has 0 bridgehead atoms. The molecular formula is C36H28N4. The molecule has 192 valence electrons. The minimum Gasteiger partial charge on any atom is -0.318 e. The quantitative estimate of drug-likeness (QED) is 0.242. The van der Waals surface area contributed by atoms with Gasteiger partial charge in [-0.3, -0.25) is 4.99 Å². The van der Waals surface area contributed by atoms with Gasteiger partial charge in [0.25, 0.3) is 0 Å². The predicted octanol–water partition coefficient (Wildman–Crippen LogP) is 8.32. The van der Waals surface area contributed by atoms with Crippen molar-refractivity contribution < 1.29 is 0 Å². The monoisotopic (exact) mass is 516 g/mol. The molecule has 5 aromatic rings. The zero-order valence-electron chi connectivity index (χ0n) is 22.5. The summed E-state index contributed by atoms with van der Waals surface area (Å²) in [5.41, 5.74) is 11.6. The van der Waals surface area contributed by atoms with Gasteiger partial charge in [-0.25, -0.2) is 9.97 Å². The Morgan fingerprint density at radius 3 is 2.35 bits per heavy atom. The first-order valence-corrected chi connectivity index (χ1v) is 13.9. The van der Waals surface area contributed by atoms with Gasteiger partial charge in [-0.15, -0.1) is 0 Å². The average molecular weight is 517 g/mol. The van der Waals surface area contributed by atoms with E-state index < -0.39 is 0 Å². The van der Waals surface area contributed by atoms with Gasteiger partial charge < -0.3 is 4.90 Å². The number of para-hydroxylation sites is 1. The lowest BCUT2D eigenvalue weighted by molar-refractivity contribution is 0.660. The number of hydrogen-bond acceptors (Lipinski definition) is 4. The van der Waals surface area contributed by atoms with Crippen molar-refractivity contribution in [3.8, 4) is 33.8 Å². The summed E-state index contributed by atoms with van der Waals surface area (Å²) in [5.74, 6) is 1.14. The molecule has 0 amide bonds. The van der Waals surface area contributed by atoms with Crippen LogP contribution in [-0.4, -0.2) is 22.2 Å². The highest BCUT2D eigenvalue weighted by atomic mass is 15.2. The lowest BCUT2D eigenvalue weighted by Crippen LogP contribution is -2.30. The van der Waals surface area contributed by atoms with Gasteiger partial charge in [0, 0.05) is 35.0 Å². The Balaban J connectivity index is 1.17. The van der Waals surface area contributed by atoms with E-state index >= 15 is 0 Å². The van der Waals surface area contributed by atoms with Gasteiger partial charge in [-0.1, -0.05) is 80.6 Å². The molecule has 0 saturated carbocycles. The normalized spacial score (nSPS) is 19.2. The lowest BCUT2D eigenvalue weighted by atomic mass is 9.82. The second kappa shape index (κ2) is 8.59. The molecule has 2 unspecified atom stereocenters. The Kier molecular flexibility index (Phi) is 4.96. The molecule has 4 nitrogen and oxygen atoms in total. The van der Waals surface area contributed by atoms with Crippen molar-refractivity contribution in [2.75, 3.05) is 4.90 Å². The molecule has 3 aliphatic rings. The highest BCUT2D eigenvalue weighted by Crippen LogP contribution is 2.49. The SMILES string of the molecule is CC1(C)c2ccccc2-c2ccc(-c3cccc(-c4cccc(N5c6ccccc6C6C=NC=CC65)n4)n3)cc21. The van der Waals surface area contributed by atoms with Crippen LogP contribution in [0.2, 0.25) is 0 Å². The van der Waals surface area contributed by atoms with Crippen LogP contribution in [-0.2, 0) is 5.41 Å². The fourth-order valence-electron chi connectivity index (χ4n) is 6.73. The number of pyridine rings is 2. The van der Waals surface area contributed by atoms with Crippen molar-refractivity contribution in [1.82, 2.24) is 9.97 Å². The van der Waals surface area contributed by atoms with Gasteiger partial charge in [-0.2, -0.15) is 0 Å². The maximum absolute atomic E-state index is 5.14. The molecule has 4 heterocycles. The van der Waals surface area contributed by atoms with E-state index in [2.05, 4.69) is 139 Å². The van der Waals surface area contributed by atoms with Crippen molar-refractivity contribution in [2.45, 2.75) is 31.2 Å². The first-order valence-electron chi connectivity index (χ1n) is 13.9. The molecular weight excluding hydrogens is 488 g/mol. The molecule has 2 atom stereocenters. The molecule has 0 saturated heterocycles. The first-order chi connectivity index (χ1) is 19.6. The summed E-state index contributed by atoms with van der Waals surface area (Å²) in [7, 11) is 0. The smallest absolute Gasteiger partial charge is 0.134 e. The van der Waals surface area contributed by atoms with Crippen molar-refractivity contribution >= 4 is 17.7 Å². The van der Waals surface area contributed by atoms with E-state index in [4.69, 9.17) is 9.97 Å². The van der Waals surface area contributed by atoms with E-state index in [1.807, 2.05) is 6.20 Å². The first kappa shape index (κ1) is 23.1. The topological polar surface area (TPSA) is 41.4 Å². The third kappa shape index (κ3) is 3.35. The molecule has 0 radical (unpaired) electrons. The molecule has 4 heteroatoms. The number of aliphatic imine (C=N–C) groups is 1. The van der Waals surface area contributed by atoms with Crippen LogP contribution in [0.15, 0.2) is 120 Å². The fourth-order valence-corrected chi connectivity index (χ4v) is 6.73. The van der Waals surface area contributed by atoms with Gasteiger partial charge in [0.05, 0.1) is 23.1 Å². The van der Waals surface area contributed by atoms with Gasteiger partial charge in [0.2, 0.25) is 0 Å². The van der Waals surface area contributed by atoms with Crippen LogP contribution in [0, 0.1) is 0 Å². The van der Waals surface area contributed by atoms with Crippen molar-refractivity contribution in [2.24, 2.45) is 4.99 Å². The Bertz CT molecular complexity index is 1860. The van der Waals surface area contributed by atoms with E-state index in [9.17, 15) is 0 Å². The fraction of sp³-hybridized carbons (Fsp3) is 0.139. The molecule has 0 fully saturated rings. The summed E-state index contributed by atoms with van der Waals surface area (Å²) in [5, 5.41) is 0. The van der Waals surface area contributed by atoms with Gasteiger partial charge in [0.1, 0.15) is 5.82 Å². The second-order valence-corrected chi connectivity index (χ2v) is 11.3. The second-order valence-electron chi connectivity index (χ2n) is 11.3. The number of hydrogen-bond donors (Lipinski definition) is 0. The Hall–Kier alpha value is -4.83. The zero-order chi connectivity index (χ0) is 26.8. The molecule has 1 aliphatic carbocycles. The van der Waals surface area contributed by atoms with Crippen LogP contribution in [0.25, 0.3) is 33.8 Å². The molecule has 8 rings (SSSR count). The van der Waals surface area contributed by atoms with E-state index in [1.54, 1.807) is 0 Å². The third-order valence-electron chi connectivity index (χ3n) is 8.71.